The SMILES string of the molecule is CCCCCCOC(=O)C(CC(C)C)N(C)C(=O)C(CC(C)C)N(C)C(=O)OCCCl. The van der Waals surface area contributed by atoms with Crippen LogP contribution >= 0.6 is 11.6 Å². The Morgan fingerprint density at radius 2 is 1.39 bits per heavy atom. The molecule has 0 aliphatic carbocycles. The fourth-order valence-corrected chi connectivity index (χ4v) is 3.35. The van der Waals surface area contributed by atoms with Crippen LogP contribution in [0.5, 0.6) is 0 Å². The van der Waals surface area contributed by atoms with Crippen LogP contribution in [0.15, 0.2) is 0 Å². The summed E-state index contributed by atoms with van der Waals surface area (Å²) in [6.45, 7) is 10.5. The molecule has 8 heteroatoms. The van der Waals surface area contributed by atoms with Crippen LogP contribution < -0.4 is 0 Å². The minimum atomic E-state index is -0.736. The van der Waals surface area contributed by atoms with Crippen molar-refractivity contribution in [2.75, 3.05) is 33.2 Å². The van der Waals surface area contributed by atoms with Gasteiger partial charge in [-0.1, -0.05) is 53.9 Å². The summed E-state index contributed by atoms with van der Waals surface area (Å²) in [4.78, 5) is 41.3. The van der Waals surface area contributed by atoms with E-state index in [1.807, 2.05) is 27.7 Å². The largest absolute Gasteiger partial charge is 0.464 e. The number of carbonyl (C=O) groups is 3. The number of halogens is 1. The lowest BCUT2D eigenvalue weighted by Gasteiger charge is -2.34. The summed E-state index contributed by atoms with van der Waals surface area (Å²) in [5.41, 5.74) is 0. The zero-order valence-corrected chi connectivity index (χ0v) is 21.2. The highest BCUT2D eigenvalue weighted by atomic mass is 35.5. The molecule has 2 atom stereocenters. The fraction of sp³-hybridized carbons (Fsp3) is 0.870. The van der Waals surface area contributed by atoms with Gasteiger partial charge < -0.3 is 14.4 Å². The van der Waals surface area contributed by atoms with Crippen LogP contribution in [-0.4, -0.2) is 73.0 Å². The average molecular weight is 463 g/mol. The Balaban J connectivity index is 5.39. The lowest BCUT2D eigenvalue weighted by Crippen LogP contribution is -2.53. The van der Waals surface area contributed by atoms with Crippen molar-refractivity contribution in [1.82, 2.24) is 9.80 Å². The predicted molar refractivity (Wildman–Crippen MR) is 124 cm³/mol. The first-order chi connectivity index (χ1) is 14.6. The van der Waals surface area contributed by atoms with Gasteiger partial charge in [0.2, 0.25) is 5.91 Å². The maximum absolute atomic E-state index is 13.4. The molecule has 31 heavy (non-hydrogen) atoms. The van der Waals surface area contributed by atoms with Gasteiger partial charge in [0, 0.05) is 14.1 Å². The van der Waals surface area contributed by atoms with Crippen LogP contribution in [0.2, 0.25) is 0 Å². The molecule has 2 unspecified atom stereocenters. The Kier molecular flexibility index (Phi) is 15.4. The number of rotatable bonds is 15. The highest BCUT2D eigenvalue weighted by Gasteiger charge is 2.36. The third-order valence-electron chi connectivity index (χ3n) is 5.06. The molecule has 0 spiro atoms. The highest BCUT2D eigenvalue weighted by Crippen LogP contribution is 2.19. The summed E-state index contributed by atoms with van der Waals surface area (Å²) in [5.74, 6) is -0.144. The van der Waals surface area contributed by atoms with Crippen molar-refractivity contribution in [1.29, 1.82) is 0 Å². The Labute approximate surface area is 193 Å². The fourth-order valence-electron chi connectivity index (χ4n) is 3.27. The first kappa shape index (κ1) is 29.5. The molecule has 7 nitrogen and oxygen atoms in total. The number of hydrogen-bond donors (Lipinski definition) is 0. The number of likely N-dealkylation sites (N-methyl/N-ethyl adjacent to an activating group) is 2. The Bertz CT molecular complexity index is 542. The molecule has 0 aromatic carbocycles. The molecule has 2 amide bonds. The summed E-state index contributed by atoms with van der Waals surface area (Å²) >= 11 is 5.60. The maximum atomic E-state index is 13.4. The number of esters is 1. The third-order valence-corrected chi connectivity index (χ3v) is 5.22. The van der Waals surface area contributed by atoms with Gasteiger partial charge in [-0.05, 0) is 31.1 Å². The number of ether oxygens (including phenoxy) is 2. The van der Waals surface area contributed by atoms with Gasteiger partial charge in [-0.3, -0.25) is 9.69 Å². The lowest BCUT2D eigenvalue weighted by atomic mass is 9.98. The molecule has 0 aromatic rings. The number of alkyl halides is 1. The van der Waals surface area contributed by atoms with Crippen LogP contribution in [0.25, 0.3) is 0 Å². The second-order valence-electron chi connectivity index (χ2n) is 8.88. The number of unbranched alkanes of at least 4 members (excludes halogenated alkanes) is 3. The van der Waals surface area contributed by atoms with Crippen LogP contribution in [0.1, 0.15) is 73.1 Å². The number of carbonyl (C=O) groups excluding carboxylic acids is 3. The van der Waals surface area contributed by atoms with E-state index >= 15 is 0 Å². The normalized spacial score (nSPS) is 13.1. The molecule has 0 aliphatic heterocycles. The summed E-state index contributed by atoms with van der Waals surface area (Å²) < 4.78 is 10.6. The molecule has 0 fully saturated rings. The van der Waals surface area contributed by atoms with E-state index in [0.717, 1.165) is 25.7 Å². The van der Waals surface area contributed by atoms with Gasteiger partial charge in [0.05, 0.1) is 12.5 Å². The molecule has 0 rings (SSSR count). The van der Waals surface area contributed by atoms with E-state index in [2.05, 4.69) is 6.92 Å². The van der Waals surface area contributed by atoms with Gasteiger partial charge in [-0.15, -0.1) is 11.6 Å². The second-order valence-corrected chi connectivity index (χ2v) is 9.26. The Morgan fingerprint density at radius 1 is 0.806 bits per heavy atom. The summed E-state index contributed by atoms with van der Waals surface area (Å²) in [7, 11) is 3.15. The molecule has 0 N–H and O–H groups in total. The van der Waals surface area contributed by atoms with Crippen LogP contribution in [0.3, 0.4) is 0 Å². The van der Waals surface area contributed by atoms with E-state index in [1.54, 1.807) is 14.1 Å². The van der Waals surface area contributed by atoms with Crippen LogP contribution in [0, 0.1) is 11.8 Å². The van der Waals surface area contributed by atoms with Crippen molar-refractivity contribution in [3.8, 4) is 0 Å². The summed E-state index contributed by atoms with van der Waals surface area (Å²) in [6.07, 6.45) is 4.39. The first-order valence-electron chi connectivity index (χ1n) is 11.5. The van der Waals surface area contributed by atoms with E-state index in [0.29, 0.717) is 19.4 Å². The van der Waals surface area contributed by atoms with E-state index in [4.69, 9.17) is 21.1 Å². The number of nitrogens with zero attached hydrogens (tertiary/aromatic N) is 2. The minimum Gasteiger partial charge on any atom is -0.464 e. The van der Waals surface area contributed by atoms with E-state index in [9.17, 15) is 14.4 Å². The van der Waals surface area contributed by atoms with Crippen molar-refractivity contribution < 1.29 is 23.9 Å². The van der Waals surface area contributed by atoms with Gasteiger partial charge in [0.15, 0.2) is 0 Å². The molecule has 182 valence electrons. The van der Waals surface area contributed by atoms with Crippen LogP contribution in [0.4, 0.5) is 4.79 Å². The molecular weight excluding hydrogens is 420 g/mol. The van der Waals surface area contributed by atoms with Crippen molar-refractivity contribution in [3.63, 3.8) is 0 Å². The molecule has 0 saturated heterocycles. The summed E-state index contributed by atoms with van der Waals surface area (Å²) in [5, 5.41) is 0. The molecular formula is C23H43ClN2O5. The first-order valence-corrected chi connectivity index (χ1v) is 12.0. The predicted octanol–water partition coefficient (Wildman–Crippen LogP) is 4.70. The monoisotopic (exact) mass is 462 g/mol. The highest BCUT2D eigenvalue weighted by molar-refractivity contribution is 6.18. The van der Waals surface area contributed by atoms with Gasteiger partial charge >= 0.3 is 12.1 Å². The maximum Gasteiger partial charge on any atom is 0.410 e. The van der Waals surface area contributed by atoms with E-state index in [1.165, 1.54) is 9.80 Å². The molecule has 0 heterocycles. The zero-order chi connectivity index (χ0) is 24.0. The third kappa shape index (κ3) is 11.6. The van der Waals surface area contributed by atoms with E-state index in [-0.39, 0.29) is 30.2 Å². The standard InChI is InChI=1S/C23H43ClN2O5/c1-8-9-10-11-13-30-22(28)20(16-18(4)5)25(6)21(27)19(15-17(2)3)26(7)23(29)31-14-12-24/h17-20H,8-16H2,1-7H3. The van der Waals surface area contributed by atoms with Crippen molar-refractivity contribution in [2.45, 2.75) is 85.2 Å². The molecule has 0 aromatic heterocycles. The summed E-state index contributed by atoms with van der Waals surface area (Å²) in [6, 6.07) is -1.43. The van der Waals surface area contributed by atoms with Crippen molar-refractivity contribution in [2.24, 2.45) is 11.8 Å². The van der Waals surface area contributed by atoms with Gasteiger partial charge in [0.25, 0.3) is 0 Å². The number of amides is 2. The topological polar surface area (TPSA) is 76.2 Å². The minimum absolute atomic E-state index is 0.0729. The van der Waals surface area contributed by atoms with Gasteiger partial charge in [-0.2, -0.15) is 0 Å². The number of hydrogen-bond acceptors (Lipinski definition) is 5. The molecule has 0 radical (unpaired) electrons. The zero-order valence-electron chi connectivity index (χ0n) is 20.5. The van der Waals surface area contributed by atoms with E-state index < -0.39 is 24.1 Å². The van der Waals surface area contributed by atoms with Crippen molar-refractivity contribution in [3.05, 3.63) is 0 Å². The average Bonchev–Trinajstić information content (AvgIpc) is 2.71. The van der Waals surface area contributed by atoms with Gasteiger partial charge in [-0.25, -0.2) is 9.59 Å². The van der Waals surface area contributed by atoms with Gasteiger partial charge in [0.1, 0.15) is 18.7 Å². The second kappa shape index (κ2) is 16.2. The quantitative estimate of drug-likeness (QED) is 0.200. The lowest BCUT2D eigenvalue weighted by molar-refractivity contribution is -0.156. The van der Waals surface area contributed by atoms with Crippen molar-refractivity contribution >= 4 is 29.6 Å². The Hall–Kier alpha value is -1.50. The smallest absolute Gasteiger partial charge is 0.410 e. The molecule has 0 aliphatic rings. The molecule has 0 saturated carbocycles. The Morgan fingerprint density at radius 3 is 1.90 bits per heavy atom. The molecule has 0 bridgehead atoms. The van der Waals surface area contributed by atoms with Crippen LogP contribution in [-0.2, 0) is 19.1 Å².